The van der Waals surface area contributed by atoms with Crippen molar-refractivity contribution in [3.05, 3.63) is 30.2 Å². The zero-order valence-corrected chi connectivity index (χ0v) is 13.8. The van der Waals surface area contributed by atoms with Gasteiger partial charge in [0.05, 0.1) is 0 Å². The summed E-state index contributed by atoms with van der Waals surface area (Å²) in [5, 5.41) is 17.3. The minimum atomic E-state index is -0.482. The molecule has 0 unspecified atom stereocenters. The normalized spacial score (nSPS) is 13.0. The Balaban J connectivity index is 1.88. The summed E-state index contributed by atoms with van der Waals surface area (Å²) < 4.78 is 6.84. The summed E-state index contributed by atoms with van der Waals surface area (Å²) in [4.78, 5) is 20.8. The van der Waals surface area contributed by atoms with E-state index in [-0.39, 0.29) is 17.1 Å². The number of hydrogen-bond acceptors (Lipinski definition) is 7. The number of aryl methyl sites for hydroxylation is 1. The van der Waals surface area contributed by atoms with Crippen LogP contribution >= 0.6 is 0 Å². The van der Waals surface area contributed by atoms with Crippen molar-refractivity contribution in [2.24, 2.45) is 12.5 Å². The average Bonchev–Trinajstić information content (AvgIpc) is 3.23. The number of aromatic nitrogens is 7. The predicted molar refractivity (Wildman–Crippen MR) is 82.5 cm³/mol. The van der Waals surface area contributed by atoms with Crippen LogP contribution in [0.3, 0.4) is 0 Å². The molecule has 126 valence electrons. The second kappa shape index (κ2) is 5.87. The van der Waals surface area contributed by atoms with E-state index in [9.17, 15) is 4.79 Å². The molecule has 0 saturated heterocycles. The van der Waals surface area contributed by atoms with Crippen LogP contribution in [-0.2, 0) is 7.05 Å². The lowest BCUT2D eigenvalue weighted by molar-refractivity contribution is 0.0871. The van der Waals surface area contributed by atoms with Gasteiger partial charge in [0.1, 0.15) is 18.1 Å². The summed E-state index contributed by atoms with van der Waals surface area (Å²) in [6.45, 7) is 5.92. The van der Waals surface area contributed by atoms with Crippen molar-refractivity contribution in [3.8, 4) is 11.6 Å². The minimum absolute atomic E-state index is 0.269. The molecule has 1 atom stereocenters. The van der Waals surface area contributed by atoms with E-state index in [0.717, 1.165) is 0 Å². The molecule has 1 amide bonds. The second-order valence-corrected chi connectivity index (χ2v) is 6.40. The Kier molecular flexibility index (Phi) is 3.87. The van der Waals surface area contributed by atoms with E-state index in [2.05, 4.69) is 35.7 Å². The standard InChI is InChI=1S/C14H18N8O2/c1-14(2,3)9(18-12(23)8-5-6-17-22(8)4)13-19-11(21-24-13)10-15-7-16-20-10/h5-7,9H,1-4H3,(H,18,23)(H,15,16,20)/t9-/m0/s1. The van der Waals surface area contributed by atoms with Gasteiger partial charge in [-0.25, -0.2) is 4.98 Å². The van der Waals surface area contributed by atoms with Gasteiger partial charge in [-0.05, 0) is 11.5 Å². The molecule has 10 nitrogen and oxygen atoms in total. The molecular weight excluding hydrogens is 312 g/mol. The van der Waals surface area contributed by atoms with Crippen LogP contribution in [0.15, 0.2) is 23.1 Å². The van der Waals surface area contributed by atoms with Crippen LogP contribution in [0.5, 0.6) is 0 Å². The first-order valence-corrected chi connectivity index (χ1v) is 7.34. The molecule has 0 aliphatic carbocycles. The Morgan fingerprint density at radius 1 is 1.42 bits per heavy atom. The van der Waals surface area contributed by atoms with Gasteiger partial charge in [0.25, 0.3) is 5.91 Å². The number of nitrogens with zero attached hydrogens (tertiary/aromatic N) is 6. The second-order valence-electron chi connectivity index (χ2n) is 6.40. The van der Waals surface area contributed by atoms with Gasteiger partial charge in [0, 0.05) is 13.2 Å². The van der Waals surface area contributed by atoms with E-state index in [1.807, 2.05) is 20.8 Å². The lowest BCUT2D eigenvalue weighted by atomic mass is 9.86. The molecule has 3 rings (SSSR count). The molecule has 0 saturated carbocycles. The van der Waals surface area contributed by atoms with E-state index in [1.165, 1.54) is 11.0 Å². The third kappa shape index (κ3) is 3.03. The van der Waals surface area contributed by atoms with Crippen molar-refractivity contribution < 1.29 is 9.32 Å². The highest BCUT2D eigenvalue weighted by Gasteiger charge is 2.34. The molecule has 24 heavy (non-hydrogen) atoms. The van der Waals surface area contributed by atoms with Crippen LogP contribution < -0.4 is 5.32 Å². The number of amides is 1. The smallest absolute Gasteiger partial charge is 0.270 e. The van der Waals surface area contributed by atoms with Gasteiger partial charge >= 0.3 is 0 Å². The summed E-state index contributed by atoms with van der Waals surface area (Å²) >= 11 is 0. The quantitative estimate of drug-likeness (QED) is 0.733. The van der Waals surface area contributed by atoms with Crippen LogP contribution in [0.4, 0.5) is 0 Å². The van der Waals surface area contributed by atoms with Crippen LogP contribution in [0, 0.1) is 5.41 Å². The van der Waals surface area contributed by atoms with Crippen LogP contribution in [0.1, 0.15) is 43.2 Å². The average molecular weight is 330 g/mol. The van der Waals surface area contributed by atoms with Gasteiger partial charge in [-0.1, -0.05) is 25.9 Å². The first-order valence-electron chi connectivity index (χ1n) is 7.34. The molecule has 2 N–H and O–H groups in total. The maximum Gasteiger partial charge on any atom is 0.270 e. The number of H-pyrrole nitrogens is 1. The minimum Gasteiger partial charge on any atom is -0.338 e. The third-order valence-corrected chi connectivity index (χ3v) is 3.51. The van der Waals surface area contributed by atoms with Gasteiger partial charge in [0.2, 0.25) is 11.7 Å². The Bertz CT molecular complexity index is 827. The third-order valence-electron chi connectivity index (χ3n) is 3.51. The zero-order chi connectivity index (χ0) is 17.3. The first-order chi connectivity index (χ1) is 11.4. The maximum atomic E-state index is 12.5. The topological polar surface area (TPSA) is 127 Å². The predicted octanol–water partition coefficient (Wildman–Crippen LogP) is 1.11. The number of carbonyl (C=O) groups is 1. The molecule has 0 aromatic carbocycles. The molecule has 10 heteroatoms. The van der Waals surface area contributed by atoms with Crippen molar-refractivity contribution in [2.45, 2.75) is 26.8 Å². The molecular formula is C14H18N8O2. The van der Waals surface area contributed by atoms with Crippen LogP contribution in [-0.4, -0.2) is 41.0 Å². The number of aromatic amines is 1. The van der Waals surface area contributed by atoms with Crippen molar-refractivity contribution in [3.63, 3.8) is 0 Å². The van der Waals surface area contributed by atoms with Crippen molar-refractivity contribution in [2.75, 3.05) is 0 Å². The summed E-state index contributed by atoms with van der Waals surface area (Å²) in [5.41, 5.74) is 0.0960. The zero-order valence-electron chi connectivity index (χ0n) is 13.8. The summed E-state index contributed by atoms with van der Waals surface area (Å²) in [7, 11) is 1.70. The summed E-state index contributed by atoms with van der Waals surface area (Å²) in [6, 6.07) is 1.16. The molecule has 0 bridgehead atoms. The Morgan fingerprint density at radius 3 is 2.79 bits per heavy atom. The van der Waals surface area contributed by atoms with Crippen molar-refractivity contribution in [1.29, 1.82) is 0 Å². The molecule has 3 heterocycles. The fraction of sp³-hybridized carbons (Fsp3) is 0.429. The van der Waals surface area contributed by atoms with E-state index >= 15 is 0 Å². The lowest BCUT2D eigenvalue weighted by Crippen LogP contribution is -2.37. The molecule has 0 spiro atoms. The van der Waals surface area contributed by atoms with Crippen molar-refractivity contribution >= 4 is 5.91 Å². The monoisotopic (exact) mass is 330 g/mol. The van der Waals surface area contributed by atoms with Crippen LogP contribution in [0.25, 0.3) is 11.6 Å². The van der Waals surface area contributed by atoms with Crippen LogP contribution in [0.2, 0.25) is 0 Å². The van der Waals surface area contributed by atoms with E-state index in [1.54, 1.807) is 19.3 Å². The number of rotatable bonds is 4. The summed E-state index contributed by atoms with van der Waals surface area (Å²) in [6.07, 6.45) is 2.92. The van der Waals surface area contributed by atoms with Crippen molar-refractivity contribution in [1.82, 2.24) is 40.4 Å². The highest BCUT2D eigenvalue weighted by molar-refractivity contribution is 5.92. The Morgan fingerprint density at radius 2 is 2.21 bits per heavy atom. The van der Waals surface area contributed by atoms with Gasteiger partial charge in [0.15, 0.2) is 5.82 Å². The Labute approximate surface area is 137 Å². The highest BCUT2D eigenvalue weighted by atomic mass is 16.5. The number of carbonyl (C=O) groups excluding carboxylic acids is 1. The van der Waals surface area contributed by atoms with Gasteiger partial charge in [-0.3, -0.25) is 14.6 Å². The SMILES string of the molecule is Cn1nccc1C(=O)N[C@@H](c1nc(-c2ncn[nH]2)no1)C(C)(C)C. The van der Waals surface area contributed by atoms with Gasteiger partial charge in [-0.2, -0.15) is 15.2 Å². The number of nitrogens with one attached hydrogen (secondary N) is 2. The molecule has 0 aliphatic heterocycles. The maximum absolute atomic E-state index is 12.5. The van der Waals surface area contributed by atoms with E-state index < -0.39 is 6.04 Å². The summed E-state index contributed by atoms with van der Waals surface area (Å²) in [5.74, 6) is 0.709. The molecule has 0 fully saturated rings. The fourth-order valence-corrected chi connectivity index (χ4v) is 2.21. The van der Waals surface area contributed by atoms with Gasteiger partial charge < -0.3 is 9.84 Å². The van der Waals surface area contributed by atoms with E-state index in [4.69, 9.17) is 4.52 Å². The molecule has 3 aromatic heterocycles. The molecule has 3 aromatic rings. The fourth-order valence-electron chi connectivity index (χ4n) is 2.21. The molecule has 0 aliphatic rings. The Hall–Kier alpha value is -3.04. The highest BCUT2D eigenvalue weighted by Crippen LogP contribution is 2.32. The largest absolute Gasteiger partial charge is 0.338 e. The lowest BCUT2D eigenvalue weighted by Gasteiger charge is -2.28. The number of hydrogen-bond donors (Lipinski definition) is 2. The van der Waals surface area contributed by atoms with E-state index in [0.29, 0.717) is 17.4 Å². The first kappa shape index (κ1) is 15.8. The molecule has 0 radical (unpaired) electrons. The van der Waals surface area contributed by atoms with Gasteiger partial charge in [-0.15, -0.1) is 0 Å².